The maximum Gasteiger partial charge on any atom is 0.410 e. The number of likely N-dealkylation sites (tertiary alicyclic amines) is 1. The molecule has 8 nitrogen and oxygen atoms in total. The first-order valence-corrected chi connectivity index (χ1v) is 9.99. The standard InChI is InChI=1S/C19H26N4O4/c1-10-21-16(27-22-10)12-2-3-23(9-12)18(25)26-15-13-4-11-5-14(15)8-19(6-11,7-13)17(20)24/h11-15H,2-9H2,1H3,(H2,20,24). The Morgan fingerprint density at radius 1 is 1.26 bits per heavy atom. The van der Waals surface area contributed by atoms with Crippen LogP contribution < -0.4 is 5.73 Å². The van der Waals surface area contributed by atoms with Crippen LogP contribution in [0.1, 0.15) is 56.2 Å². The van der Waals surface area contributed by atoms with Crippen molar-refractivity contribution in [2.75, 3.05) is 13.1 Å². The number of aromatic nitrogens is 2. The third-order valence-corrected chi connectivity index (χ3v) is 7.29. The number of carbonyl (C=O) groups excluding carboxylic acids is 2. The summed E-state index contributed by atoms with van der Waals surface area (Å²) in [6.07, 6.45) is 5.05. The summed E-state index contributed by atoms with van der Waals surface area (Å²) < 4.78 is 11.2. The van der Waals surface area contributed by atoms with Crippen molar-refractivity contribution in [3.05, 3.63) is 11.7 Å². The fourth-order valence-electron chi connectivity index (χ4n) is 6.27. The van der Waals surface area contributed by atoms with Crippen molar-refractivity contribution in [1.29, 1.82) is 0 Å². The Bertz CT molecular complexity index is 762. The molecule has 3 unspecified atom stereocenters. The van der Waals surface area contributed by atoms with E-state index in [1.807, 2.05) is 0 Å². The monoisotopic (exact) mass is 374 g/mol. The van der Waals surface area contributed by atoms with Gasteiger partial charge in [-0.3, -0.25) is 4.79 Å². The molecule has 0 aromatic carbocycles. The molecule has 2 amide bonds. The van der Waals surface area contributed by atoms with Crippen molar-refractivity contribution < 1.29 is 18.8 Å². The van der Waals surface area contributed by atoms with Crippen molar-refractivity contribution in [3.8, 4) is 0 Å². The van der Waals surface area contributed by atoms with Gasteiger partial charge in [0.25, 0.3) is 0 Å². The highest BCUT2D eigenvalue weighted by Gasteiger charge is 2.59. The van der Waals surface area contributed by atoms with Crippen LogP contribution in [0.25, 0.3) is 0 Å². The number of nitrogens with two attached hydrogens (primary N) is 1. The van der Waals surface area contributed by atoms with E-state index in [1.165, 1.54) is 0 Å². The summed E-state index contributed by atoms with van der Waals surface area (Å²) in [6, 6.07) is 0. The van der Waals surface area contributed by atoms with E-state index in [-0.39, 0.29) is 41.3 Å². The molecular weight excluding hydrogens is 348 g/mol. The Morgan fingerprint density at radius 3 is 2.63 bits per heavy atom. The fraction of sp³-hybridized carbons (Fsp3) is 0.789. The van der Waals surface area contributed by atoms with E-state index >= 15 is 0 Å². The van der Waals surface area contributed by atoms with Crippen LogP contribution in [0.15, 0.2) is 4.52 Å². The zero-order valence-electron chi connectivity index (χ0n) is 15.6. The molecule has 4 bridgehead atoms. The Balaban J connectivity index is 1.24. The van der Waals surface area contributed by atoms with Gasteiger partial charge in [0.1, 0.15) is 6.10 Å². The molecule has 0 spiro atoms. The zero-order chi connectivity index (χ0) is 18.8. The Hall–Kier alpha value is -2.12. The van der Waals surface area contributed by atoms with Crippen LogP contribution in [-0.2, 0) is 9.53 Å². The molecular formula is C19H26N4O4. The molecule has 146 valence electrons. The first-order chi connectivity index (χ1) is 12.9. The molecule has 1 aromatic rings. The molecule has 1 aliphatic heterocycles. The molecule has 4 aliphatic carbocycles. The van der Waals surface area contributed by atoms with Crippen LogP contribution in [0.5, 0.6) is 0 Å². The van der Waals surface area contributed by atoms with Crippen molar-refractivity contribution in [1.82, 2.24) is 15.0 Å². The molecule has 1 saturated heterocycles. The Kier molecular flexibility index (Phi) is 3.74. The summed E-state index contributed by atoms with van der Waals surface area (Å²) in [5.74, 6) is 2.22. The molecule has 2 heterocycles. The zero-order valence-corrected chi connectivity index (χ0v) is 15.6. The third kappa shape index (κ3) is 2.72. The van der Waals surface area contributed by atoms with Crippen LogP contribution in [0, 0.1) is 30.1 Å². The molecule has 6 rings (SSSR count). The van der Waals surface area contributed by atoms with Gasteiger partial charge in [0.15, 0.2) is 5.82 Å². The van der Waals surface area contributed by atoms with E-state index in [4.69, 9.17) is 15.0 Å². The summed E-state index contributed by atoms with van der Waals surface area (Å²) in [5.41, 5.74) is 5.38. The average Bonchev–Trinajstić information content (AvgIpc) is 3.26. The minimum Gasteiger partial charge on any atom is -0.446 e. The number of hydrogen-bond acceptors (Lipinski definition) is 6. The second-order valence-corrected chi connectivity index (χ2v) is 9.07. The van der Waals surface area contributed by atoms with Crippen LogP contribution >= 0.6 is 0 Å². The minimum absolute atomic E-state index is 0.0776. The predicted octanol–water partition coefficient (Wildman–Crippen LogP) is 1.98. The van der Waals surface area contributed by atoms with E-state index < -0.39 is 0 Å². The van der Waals surface area contributed by atoms with E-state index in [9.17, 15) is 9.59 Å². The molecule has 27 heavy (non-hydrogen) atoms. The molecule has 2 N–H and O–H groups in total. The molecule has 3 atom stereocenters. The van der Waals surface area contributed by atoms with E-state index in [0.717, 1.165) is 38.5 Å². The van der Waals surface area contributed by atoms with Gasteiger partial charge in [0.2, 0.25) is 11.8 Å². The first-order valence-electron chi connectivity index (χ1n) is 9.99. The van der Waals surface area contributed by atoms with Crippen molar-refractivity contribution in [2.45, 2.75) is 57.5 Å². The van der Waals surface area contributed by atoms with Gasteiger partial charge in [-0.1, -0.05) is 5.16 Å². The Morgan fingerprint density at radius 2 is 2.00 bits per heavy atom. The maximum absolute atomic E-state index is 12.8. The van der Waals surface area contributed by atoms with Gasteiger partial charge in [0.05, 0.1) is 11.3 Å². The van der Waals surface area contributed by atoms with Gasteiger partial charge in [-0.15, -0.1) is 0 Å². The number of primary amides is 1. The van der Waals surface area contributed by atoms with E-state index in [2.05, 4.69) is 10.1 Å². The topological polar surface area (TPSA) is 112 Å². The smallest absolute Gasteiger partial charge is 0.410 e. The average molecular weight is 374 g/mol. The number of amides is 2. The number of nitrogens with zero attached hydrogens (tertiary/aromatic N) is 3. The largest absolute Gasteiger partial charge is 0.446 e. The number of rotatable bonds is 3. The maximum atomic E-state index is 12.8. The molecule has 8 heteroatoms. The van der Waals surface area contributed by atoms with Crippen LogP contribution in [0.3, 0.4) is 0 Å². The van der Waals surface area contributed by atoms with Gasteiger partial charge >= 0.3 is 6.09 Å². The normalized spacial score (nSPS) is 39.7. The van der Waals surface area contributed by atoms with E-state index in [0.29, 0.717) is 30.7 Å². The van der Waals surface area contributed by atoms with E-state index in [1.54, 1.807) is 11.8 Å². The fourth-order valence-corrected chi connectivity index (χ4v) is 6.27. The lowest BCUT2D eigenvalue weighted by Gasteiger charge is -2.58. The van der Waals surface area contributed by atoms with Gasteiger partial charge in [0, 0.05) is 13.1 Å². The highest BCUT2D eigenvalue weighted by Crippen LogP contribution is 2.60. The highest BCUT2D eigenvalue weighted by atomic mass is 16.6. The molecule has 1 aromatic heterocycles. The highest BCUT2D eigenvalue weighted by molar-refractivity contribution is 5.81. The molecule has 0 radical (unpaired) electrons. The van der Waals surface area contributed by atoms with Crippen molar-refractivity contribution in [3.63, 3.8) is 0 Å². The molecule has 5 aliphatic rings. The predicted molar refractivity (Wildman–Crippen MR) is 93.4 cm³/mol. The summed E-state index contributed by atoms with van der Waals surface area (Å²) in [6.45, 7) is 2.98. The van der Waals surface area contributed by atoms with Gasteiger partial charge < -0.3 is 19.9 Å². The van der Waals surface area contributed by atoms with Crippen LogP contribution in [0.4, 0.5) is 4.79 Å². The summed E-state index contributed by atoms with van der Waals surface area (Å²) >= 11 is 0. The lowest BCUT2D eigenvalue weighted by atomic mass is 9.48. The second-order valence-electron chi connectivity index (χ2n) is 9.07. The minimum atomic E-state index is -0.353. The summed E-state index contributed by atoms with van der Waals surface area (Å²) in [4.78, 5) is 30.9. The summed E-state index contributed by atoms with van der Waals surface area (Å²) in [5, 5.41) is 3.84. The quantitative estimate of drug-likeness (QED) is 0.866. The van der Waals surface area contributed by atoms with Crippen molar-refractivity contribution in [2.24, 2.45) is 28.9 Å². The van der Waals surface area contributed by atoms with Gasteiger partial charge in [-0.05, 0) is 63.2 Å². The number of aryl methyl sites for hydroxylation is 1. The Labute approximate surface area is 157 Å². The molecule has 5 fully saturated rings. The van der Waals surface area contributed by atoms with Gasteiger partial charge in [-0.25, -0.2) is 4.79 Å². The van der Waals surface area contributed by atoms with Crippen LogP contribution in [0.2, 0.25) is 0 Å². The number of ether oxygens (including phenoxy) is 1. The third-order valence-electron chi connectivity index (χ3n) is 7.29. The number of carbonyl (C=O) groups is 2. The van der Waals surface area contributed by atoms with Gasteiger partial charge in [-0.2, -0.15) is 4.98 Å². The first kappa shape index (κ1) is 17.0. The lowest BCUT2D eigenvalue weighted by molar-refractivity contribution is -0.161. The SMILES string of the molecule is Cc1noc(C2CCN(C(=O)OC3C4CC5CC3CC(C(N)=O)(C5)C4)C2)n1. The lowest BCUT2D eigenvalue weighted by Crippen LogP contribution is -2.59. The summed E-state index contributed by atoms with van der Waals surface area (Å²) in [7, 11) is 0. The second kappa shape index (κ2) is 5.94. The molecule has 4 saturated carbocycles. The number of hydrogen-bond donors (Lipinski definition) is 1. The van der Waals surface area contributed by atoms with Crippen molar-refractivity contribution >= 4 is 12.0 Å². The van der Waals surface area contributed by atoms with Crippen LogP contribution in [-0.4, -0.2) is 46.2 Å².